The summed E-state index contributed by atoms with van der Waals surface area (Å²) in [6.45, 7) is 0. The summed E-state index contributed by atoms with van der Waals surface area (Å²) < 4.78 is 0. The molecule has 0 atom stereocenters. The Hall–Kier alpha value is -2.15. The van der Waals surface area contributed by atoms with Crippen LogP contribution in [0.2, 0.25) is 0 Å². The summed E-state index contributed by atoms with van der Waals surface area (Å²) in [6.07, 6.45) is 0. The lowest BCUT2D eigenvalue weighted by Gasteiger charge is -2.09. The number of benzene rings is 5. The fourth-order valence-corrected chi connectivity index (χ4v) is 7.38. The van der Waals surface area contributed by atoms with Crippen LogP contribution in [0.5, 0.6) is 0 Å². The van der Waals surface area contributed by atoms with Crippen molar-refractivity contribution in [1.29, 1.82) is 0 Å². The van der Waals surface area contributed by atoms with Gasteiger partial charge in [0.1, 0.15) is 0 Å². The van der Waals surface area contributed by atoms with Gasteiger partial charge in [0, 0.05) is 44.1 Å². The Bertz CT molecular complexity index is 1260. The van der Waals surface area contributed by atoms with Crippen LogP contribution in [0.4, 0.5) is 0 Å². The van der Waals surface area contributed by atoms with Crippen molar-refractivity contribution in [1.82, 2.24) is 0 Å². The van der Waals surface area contributed by atoms with Gasteiger partial charge in [-0.1, -0.05) is 83.4 Å². The standard InChI is InChI=1S/C30H22S5/c31-22-19-29(34-27-15-11-25(12-16-27)32-23-7-3-1-4-8-23)21-30(20-22)35-28-17-13-26(14-18-28)33-24-9-5-2-6-10-24/h1-21,31H. The molecule has 0 heterocycles. The van der Waals surface area contributed by atoms with Gasteiger partial charge in [0.25, 0.3) is 0 Å². The van der Waals surface area contributed by atoms with E-state index in [0.29, 0.717) is 0 Å². The molecule has 0 amide bonds. The molecule has 0 aliphatic carbocycles. The van der Waals surface area contributed by atoms with Crippen LogP contribution in [0.15, 0.2) is 171 Å². The summed E-state index contributed by atoms with van der Waals surface area (Å²) in [7, 11) is 0. The second-order valence-corrected chi connectivity index (χ2v) is 12.7. The molecule has 0 saturated heterocycles. The van der Waals surface area contributed by atoms with Crippen LogP contribution in [-0.2, 0) is 0 Å². The zero-order chi connectivity index (χ0) is 23.9. The summed E-state index contributed by atoms with van der Waals surface area (Å²) in [5, 5.41) is 0. The summed E-state index contributed by atoms with van der Waals surface area (Å²) in [5.74, 6) is 0. The number of hydrogen-bond acceptors (Lipinski definition) is 5. The third kappa shape index (κ3) is 7.42. The van der Waals surface area contributed by atoms with Crippen LogP contribution in [0.1, 0.15) is 0 Å². The molecule has 35 heavy (non-hydrogen) atoms. The van der Waals surface area contributed by atoms with Gasteiger partial charge in [0.05, 0.1) is 0 Å². The highest BCUT2D eigenvalue weighted by Crippen LogP contribution is 2.37. The van der Waals surface area contributed by atoms with Crippen molar-refractivity contribution in [3.05, 3.63) is 127 Å². The van der Waals surface area contributed by atoms with Gasteiger partial charge in [-0.25, -0.2) is 0 Å². The Labute approximate surface area is 229 Å². The molecule has 0 nitrogen and oxygen atoms in total. The quantitative estimate of drug-likeness (QED) is 0.194. The Morgan fingerprint density at radius 2 is 0.600 bits per heavy atom. The molecule has 5 heteroatoms. The van der Waals surface area contributed by atoms with E-state index >= 15 is 0 Å². The van der Waals surface area contributed by atoms with E-state index < -0.39 is 0 Å². The molecule has 0 spiro atoms. The molecule has 0 aliphatic rings. The van der Waals surface area contributed by atoms with Crippen LogP contribution >= 0.6 is 59.7 Å². The molecule has 5 aromatic rings. The molecule has 0 radical (unpaired) electrons. The van der Waals surface area contributed by atoms with Gasteiger partial charge in [-0.05, 0) is 91.0 Å². The summed E-state index contributed by atoms with van der Waals surface area (Å²) in [5.41, 5.74) is 0. The highest BCUT2D eigenvalue weighted by molar-refractivity contribution is 8.00. The molecule has 0 saturated carbocycles. The van der Waals surface area contributed by atoms with Crippen molar-refractivity contribution < 1.29 is 0 Å². The lowest BCUT2D eigenvalue weighted by molar-refractivity contribution is 1.22. The molecule has 0 aromatic heterocycles. The SMILES string of the molecule is Sc1cc(Sc2ccc(Sc3ccccc3)cc2)cc(Sc2ccc(Sc3ccccc3)cc2)c1. The van der Waals surface area contributed by atoms with E-state index in [9.17, 15) is 0 Å². The normalized spacial score (nSPS) is 10.9. The van der Waals surface area contributed by atoms with E-state index in [1.807, 2.05) is 12.1 Å². The van der Waals surface area contributed by atoms with E-state index in [1.54, 1.807) is 47.0 Å². The van der Waals surface area contributed by atoms with Gasteiger partial charge in [-0.2, -0.15) is 0 Å². The molecule has 172 valence electrons. The van der Waals surface area contributed by atoms with Crippen molar-refractivity contribution in [3.63, 3.8) is 0 Å². The monoisotopic (exact) mass is 542 g/mol. The van der Waals surface area contributed by atoms with Gasteiger partial charge < -0.3 is 0 Å². The molecular weight excluding hydrogens is 521 g/mol. The van der Waals surface area contributed by atoms with Crippen molar-refractivity contribution in [2.75, 3.05) is 0 Å². The van der Waals surface area contributed by atoms with Crippen molar-refractivity contribution in [2.45, 2.75) is 44.1 Å². The largest absolute Gasteiger partial charge is 0.143 e. The third-order valence-electron chi connectivity index (χ3n) is 4.94. The second-order valence-electron chi connectivity index (χ2n) is 7.64. The lowest BCUT2D eigenvalue weighted by Crippen LogP contribution is -1.80. The van der Waals surface area contributed by atoms with Crippen LogP contribution in [-0.4, -0.2) is 0 Å². The molecule has 0 aliphatic heterocycles. The number of hydrogen-bond donors (Lipinski definition) is 1. The van der Waals surface area contributed by atoms with E-state index in [4.69, 9.17) is 0 Å². The van der Waals surface area contributed by atoms with Crippen LogP contribution in [0.25, 0.3) is 0 Å². The average Bonchev–Trinajstić information content (AvgIpc) is 2.87. The Balaban J connectivity index is 1.23. The van der Waals surface area contributed by atoms with Crippen molar-refractivity contribution in [3.8, 4) is 0 Å². The maximum absolute atomic E-state index is 4.67. The van der Waals surface area contributed by atoms with E-state index in [1.165, 1.54) is 39.2 Å². The predicted octanol–water partition coefficient (Wildman–Crippen LogP) is 10.6. The Morgan fingerprint density at radius 3 is 0.943 bits per heavy atom. The molecule has 0 bridgehead atoms. The van der Waals surface area contributed by atoms with Crippen molar-refractivity contribution in [2.24, 2.45) is 0 Å². The summed E-state index contributed by atoms with van der Waals surface area (Å²) in [6, 6.07) is 45.0. The smallest absolute Gasteiger partial charge is 0.0144 e. The zero-order valence-corrected chi connectivity index (χ0v) is 22.9. The number of thiol groups is 1. The number of rotatable bonds is 8. The van der Waals surface area contributed by atoms with E-state index in [-0.39, 0.29) is 0 Å². The maximum Gasteiger partial charge on any atom is 0.0144 e. The average molecular weight is 543 g/mol. The van der Waals surface area contributed by atoms with Gasteiger partial charge >= 0.3 is 0 Å². The van der Waals surface area contributed by atoms with Gasteiger partial charge in [0.2, 0.25) is 0 Å². The first-order valence-corrected chi connectivity index (χ1v) is 14.8. The molecule has 5 rings (SSSR count). The molecule has 0 N–H and O–H groups in total. The summed E-state index contributed by atoms with van der Waals surface area (Å²) in [4.78, 5) is 10.8. The molecule has 0 fully saturated rings. The van der Waals surface area contributed by atoms with Gasteiger partial charge in [0.15, 0.2) is 0 Å². The predicted molar refractivity (Wildman–Crippen MR) is 156 cm³/mol. The zero-order valence-electron chi connectivity index (χ0n) is 18.7. The minimum atomic E-state index is 0.977. The summed E-state index contributed by atoms with van der Waals surface area (Å²) >= 11 is 11.8. The van der Waals surface area contributed by atoms with Gasteiger partial charge in [-0.15, -0.1) is 12.6 Å². The first-order chi connectivity index (χ1) is 17.2. The molecule has 0 unspecified atom stereocenters. The minimum absolute atomic E-state index is 0.977. The minimum Gasteiger partial charge on any atom is -0.143 e. The first-order valence-electron chi connectivity index (χ1n) is 11.1. The van der Waals surface area contributed by atoms with Crippen LogP contribution in [0, 0.1) is 0 Å². The fourth-order valence-electron chi connectivity index (χ4n) is 3.35. The van der Waals surface area contributed by atoms with Crippen molar-refractivity contribution >= 4 is 59.7 Å². The highest BCUT2D eigenvalue weighted by Gasteiger charge is 2.06. The fraction of sp³-hybridized carbons (Fsp3) is 0. The highest BCUT2D eigenvalue weighted by atomic mass is 32.2. The first kappa shape index (κ1) is 24.5. The lowest BCUT2D eigenvalue weighted by atomic mass is 10.3. The molecule has 5 aromatic carbocycles. The Kier molecular flexibility index (Phi) is 8.55. The topological polar surface area (TPSA) is 0 Å². The van der Waals surface area contributed by atoms with E-state index in [0.717, 1.165) is 4.90 Å². The second kappa shape index (κ2) is 12.2. The maximum atomic E-state index is 4.67. The molecular formula is C30H22S5. The van der Waals surface area contributed by atoms with Gasteiger partial charge in [-0.3, -0.25) is 0 Å². The van der Waals surface area contributed by atoms with E-state index in [2.05, 4.69) is 128 Å². The van der Waals surface area contributed by atoms with Crippen LogP contribution in [0.3, 0.4) is 0 Å². The Morgan fingerprint density at radius 1 is 0.314 bits per heavy atom. The van der Waals surface area contributed by atoms with Crippen LogP contribution < -0.4 is 0 Å². The third-order valence-corrected chi connectivity index (χ3v) is 9.19.